The number of amides is 1. The summed E-state index contributed by atoms with van der Waals surface area (Å²) in [7, 11) is 0. The number of hydrogen-bond donors (Lipinski definition) is 0. The maximum Gasteiger partial charge on any atom is 0.236 e. The van der Waals surface area contributed by atoms with Crippen molar-refractivity contribution in [2.24, 2.45) is 0 Å². The second-order valence-electron chi connectivity index (χ2n) is 3.35. The monoisotopic (exact) mass is 257 g/mol. The van der Waals surface area contributed by atoms with Gasteiger partial charge in [0, 0.05) is 25.5 Å². The molecular weight excluding hydrogens is 246 g/mol. The molecule has 0 aromatic carbocycles. The van der Waals surface area contributed by atoms with Gasteiger partial charge in [-0.1, -0.05) is 15.9 Å². The van der Waals surface area contributed by atoms with Crippen LogP contribution in [0.1, 0.15) is 6.42 Å². The maximum absolute atomic E-state index is 11.5. The lowest BCUT2D eigenvalue weighted by atomic mass is 10.4. The molecule has 0 N–H and O–H groups in total. The normalized spacial score (nSPS) is 21.9. The molecule has 1 aliphatic heterocycles. The third-order valence-corrected chi connectivity index (χ3v) is 3.24. The van der Waals surface area contributed by atoms with Gasteiger partial charge in [-0.15, -0.1) is 0 Å². The minimum absolute atomic E-state index is 0.0279. The Bertz CT molecular complexity index is 312. The van der Waals surface area contributed by atoms with Crippen molar-refractivity contribution >= 4 is 21.8 Å². The fourth-order valence-electron chi connectivity index (χ4n) is 1.58. The second kappa shape index (κ2) is 4.13. The molecule has 1 saturated heterocycles. The number of nitrogens with zero attached hydrogens (tertiary/aromatic N) is 3. The maximum atomic E-state index is 11.5. The SMILES string of the molecule is O=C1C(Br)CCN1CCn1cccn1. The Morgan fingerprint density at radius 2 is 2.43 bits per heavy atom. The third-order valence-electron chi connectivity index (χ3n) is 2.39. The summed E-state index contributed by atoms with van der Waals surface area (Å²) in [6.45, 7) is 2.39. The number of carbonyl (C=O) groups is 1. The average Bonchev–Trinajstić information content (AvgIpc) is 2.77. The van der Waals surface area contributed by atoms with Gasteiger partial charge in [-0.2, -0.15) is 5.10 Å². The number of rotatable bonds is 3. The van der Waals surface area contributed by atoms with Crippen molar-refractivity contribution in [1.29, 1.82) is 0 Å². The van der Waals surface area contributed by atoms with Crippen molar-refractivity contribution in [2.75, 3.05) is 13.1 Å². The minimum Gasteiger partial charge on any atom is -0.340 e. The Morgan fingerprint density at radius 1 is 1.57 bits per heavy atom. The molecule has 0 aliphatic carbocycles. The van der Waals surface area contributed by atoms with Crippen LogP contribution in [0, 0.1) is 0 Å². The van der Waals surface area contributed by atoms with E-state index in [0.717, 1.165) is 26.1 Å². The summed E-state index contributed by atoms with van der Waals surface area (Å²) in [6, 6.07) is 1.89. The van der Waals surface area contributed by atoms with Crippen molar-refractivity contribution in [3.63, 3.8) is 0 Å². The third kappa shape index (κ3) is 1.97. The van der Waals surface area contributed by atoms with E-state index in [1.54, 1.807) is 6.20 Å². The Balaban J connectivity index is 1.84. The zero-order valence-electron chi connectivity index (χ0n) is 7.77. The zero-order chi connectivity index (χ0) is 9.97. The molecule has 1 unspecified atom stereocenters. The van der Waals surface area contributed by atoms with Crippen LogP contribution in [0.25, 0.3) is 0 Å². The van der Waals surface area contributed by atoms with Crippen LogP contribution in [0.15, 0.2) is 18.5 Å². The van der Waals surface area contributed by atoms with Crippen LogP contribution in [0.4, 0.5) is 0 Å². The summed E-state index contributed by atoms with van der Waals surface area (Å²) in [5.41, 5.74) is 0. The lowest BCUT2D eigenvalue weighted by molar-refractivity contribution is -0.127. The van der Waals surface area contributed by atoms with Gasteiger partial charge in [0.2, 0.25) is 5.91 Å². The number of aromatic nitrogens is 2. The molecule has 1 fully saturated rings. The van der Waals surface area contributed by atoms with Gasteiger partial charge in [0.1, 0.15) is 0 Å². The highest BCUT2D eigenvalue weighted by Gasteiger charge is 2.28. The molecule has 5 heteroatoms. The number of alkyl halides is 1. The average molecular weight is 258 g/mol. The van der Waals surface area contributed by atoms with E-state index in [1.807, 2.05) is 21.8 Å². The standard InChI is InChI=1S/C9H12BrN3O/c10-8-2-5-12(9(8)14)6-7-13-4-1-3-11-13/h1,3-4,8H,2,5-7H2. The second-order valence-corrected chi connectivity index (χ2v) is 4.46. The van der Waals surface area contributed by atoms with Crippen LogP contribution in [0.2, 0.25) is 0 Å². The highest BCUT2D eigenvalue weighted by molar-refractivity contribution is 9.10. The lowest BCUT2D eigenvalue weighted by Gasteiger charge is -2.15. The van der Waals surface area contributed by atoms with E-state index in [4.69, 9.17) is 0 Å². The van der Waals surface area contributed by atoms with Crippen LogP contribution in [-0.4, -0.2) is 38.5 Å². The summed E-state index contributed by atoms with van der Waals surface area (Å²) >= 11 is 3.35. The molecule has 0 radical (unpaired) electrons. The van der Waals surface area contributed by atoms with Crippen LogP contribution >= 0.6 is 15.9 Å². The summed E-state index contributed by atoms with van der Waals surface area (Å²) in [5.74, 6) is 0.206. The topological polar surface area (TPSA) is 38.1 Å². The van der Waals surface area contributed by atoms with Crippen LogP contribution in [0.3, 0.4) is 0 Å². The molecule has 14 heavy (non-hydrogen) atoms. The van der Waals surface area contributed by atoms with Crippen molar-refractivity contribution in [2.45, 2.75) is 17.8 Å². The highest BCUT2D eigenvalue weighted by atomic mass is 79.9. The molecule has 1 aliphatic rings. The Kier molecular flexibility index (Phi) is 2.86. The molecule has 2 rings (SSSR count). The first-order chi connectivity index (χ1) is 6.77. The molecule has 0 saturated carbocycles. The molecule has 1 aromatic heterocycles. The predicted molar refractivity (Wildman–Crippen MR) is 56.1 cm³/mol. The van der Waals surface area contributed by atoms with Gasteiger partial charge < -0.3 is 4.90 Å². The fraction of sp³-hybridized carbons (Fsp3) is 0.556. The molecule has 0 bridgehead atoms. The lowest BCUT2D eigenvalue weighted by Crippen LogP contribution is -2.30. The van der Waals surface area contributed by atoms with E-state index >= 15 is 0 Å². The van der Waals surface area contributed by atoms with Crippen molar-refractivity contribution in [3.05, 3.63) is 18.5 Å². The molecule has 1 aromatic rings. The first kappa shape index (κ1) is 9.71. The van der Waals surface area contributed by atoms with Crippen LogP contribution in [-0.2, 0) is 11.3 Å². The quantitative estimate of drug-likeness (QED) is 0.755. The predicted octanol–water partition coefficient (Wildman–Crippen LogP) is 0.879. The summed E-state index contributed by atoms with van der Waals surface area (Å²) < 4.78 is 1.84. The largest absolute Gasteiger partial charge is 0.340 e. The van der Waals surface area contributed by atoms with Gasteiger partial charge in [-0.3, -0.25) is 9.48 Å². The van der Waals surface area contributed by atoms with Gasteiger partial charge in [0.05, 0.1) is 11.4 Å². The van der Waals surface area contributed by atoms with Gasteiger partial charge in [0.15, 0.2) is 0 Å². The molecule has 1 atom stereocenters. The van der Waals surface area contributed by atoms with E-state index in [9.17, 15) is 4.79 Å². The number of likely N-dealkylation sites (tertiary alicyclic amines) is 1. The Hall–Kier alpha value is -0.840. The number of carbonyl (C=O) groups excluding carboxylic acids is 1. The van der Waals surface area contributed by atoms with Crippen molar-refractivity contribution in [3.8, 4) is 0 Å². The van der Waals surface area contributed by atoms with Crippen LogP contribution in [0.5, 0.6) is 0 Å². The smallest absolute Gasteiger partial charge is 0.236 e. The van der Waals surface area contributed by atoms with E-state index < -0.39 is 0 Å². The van der Waals surface area contributed by atoms with E-state index in [1.165, 1.54) is 0 Å². The van der Waals surface area contributed by atoms with E-state index in [2.05, 4.69) is 21.0 Å². The molecule has 4 nitrogen and oxygen atoms in total. The number of halogens is 1. The summed E-state index contributed by atoms with van der Waals surface area (Å²) in [4.78, 5) is 13.4. The Morgan fingerprint density at radius 3 is 3.00 bits per heavy atom. The molecule has 76 valence electrons. The Labute approximate surface area is 91.0 Å². The zero-order valence-corrected chi connectivity index (χ0v) is 9.35. The van der Waals surface area contributed by atoms with Gasteiger partial charge in [0.25, 0.3) is 0 Å². The molecule has 2 heterocycles. The van der Waals surface area contributed by atoms with Crippen LogP contribution < -0.4 is 0 Å². The van der Waals surface area contributed by atoms with Gasteiger partial charge >= 0.3 is 0 Å². The van der Waals surface area contributed by atoms with Crippen molar-refractivity contribution in [1.82, 2.24) is 14.7 Å². The number of hydrogen-bond acceptors (Lipinski definition) is 2. The summed E-state index contributed by atoms with van der Waals surface area (Å²) in [6.07, 6.45) is 4.57. The highest BCUT2D eigenvalue weighted by Crippen LogP contribution is 2.17. The summed E-state index contributed by atoms with van der Waals surface area (Å²) in [5, 5.41) is 4.09. The first-order valence-electron chi connectivity index (χ1n) is 4.67. The van der Waals surface area contributed by atoms with Gasteiger partial charge in [-0.25, -0.2) is 0 Å². The molecule has 1 amide bonds. The van der Waals surface area contributed by atoms with E-state index in [0.29, 0.717) is 0 Å². The van der Waals surface area contributed by atoms with Gasteiger partial charge in [-0.05, 0) is 12.5 Å². The molecule has 0 spiro atoms. The molecular formula is C9H12BrN3O. The first-order valence-corrected chi connectivity index (χ1v) is 5.59. The van der Waals surface area contributed by atoms with Crippen molar-refractivity contribution < 1.29 is 4.79 Å². The van der Waals surface area contributed by atoms with E-state index in [-0.39, 0.29) is 10.7 Å². The minimum atomic E-state index is 0.0279. The fourth-order valence-corrected chi connectivity index (χ4v) is 2.07.